The number of carbonyl (C=O) groups is 3. The molecule has 0 saturated carbocycles. The van der Waals surface area contributed by atoms with E-state index in [1.165, 1.54) is 0 Å². The molecule has 0 aromatic heterocycles. The SMILES string of the molecule is CC(C)C[C@H]1C(=O)N[C@]1(C(=O)OCc1ccccc1)C(=O)N1CCOCC1. The van der Waals surface area contributed by atoms with Crippen molar-refractivity contribution in [3.63, 3.8) is 0 Å². The molecule has 7 heteroatoms. The van der Waals surface area contributed by atoms with Crippen LogP contribution in [0.5, 0.6) is 0 Å². The predicted octanol–water partition coefficient (Wildman–Crippen LogP) is 1.12. The van der Waals surface area contributed by atoms with Crippen molar-refractivity contribution >= 4 is 17.8 Å². The van der Waals surface area contributed by atoms with Crippen molar-refractivity contribution in [3.8, 4) is 0 Å². The molecule has 2 atom stereocenters. The van der Waals surface area contributed by atoms with Crippen molar-refractivity contribution in [1.29, 1.82) is 0 Å². The van der Waals surface area contributed by atoms with Crippen LogP contribution in [0.15, 0.2) is 30.3 Å². The standard InChI is InChI=1S/C20H26N2O5/c1-14(2)12-16-17(23)21-20(16,18(24)22-8-10-26-11-9-22)19(25)27-13-15-6-4-3-5-7-15/h3-7,14,16H,8-13H2,1-2H3,(H,21,23)/t16-,20-/m0/s1. The minimum absolute atomic E-state index is 0.0576. The van der Waals surface area contributed by atoms with Crippen LogP contribution in [0.4, 0.5) is 0 Å². The molecule has 0 aliphatic carbocycles. The van der Waals surface area contributed by atoms with Crippen molar-refractivity contribution < 1.29 is 23.9 Å². The van der Waals surface area contributed by atoms with E-state index in [2.05, 4.69) is 5.32 Å². The predicted molar refractivity (Wildman–Crippen MR) is 97.5 cm³/mol. The fraction of sp³-hybridized carbons (Fsp3) is 0.550. The third kappa shape index (κ3) is 3.83. The van der Waals surface area contributed by atoms with Crippen LogP contribution in [-0.4, -0.2) is 54.5 Å². The average molecular weight is 374 g/mol. The monoisotopic (exact) mass is 374 g/mol. The van der Waals surface area contributed by atoms with E-state index in [0.717, 1.165) is 5.56 Å². The highest BCUT2D eigenvalue weighted by atomic mass is 16.5. The van der Waals surface area contributed by atoms with Crippen LogP contribution in [0.3, 0.4) is 0 Å². The van der Waals surface area contributed by atoms with Gasteiger partial charge in [0.05, 0.1) is 19.1 Å². The van der Waals surface area contributed by atoms with E-state index in [-0.39, 0.29) is 18.4 Å². The molecule has 2 fully saturated rings. The summed E-state index contributed by atoms with van der Waals surface area (Å²) in [4.78, 5) is 40.1. The quantitative estimate of drug-likeness (QED) is 0.458. The first-order chi connectivity index (χ1) is 12.9. The van der Waals surface area contributed by atoms with Gasteiger partial charge in [-0.05, 0) is 17.9 Å². The van der Waals surface area contributed by atoms with Crippen molar-refractivity contribution in [2.24, 2.45) is 11.8 Å². The number of nitrogens with one attached hydrogen (secondary N) is 1. The van der Waals surface area contributed by atoms with Gasteiger partial charge in [0.1, 0.15) is 6.61 Å². The lowest BCUT2D eigenvalue weighted by Crippen LogP contribution is -2.79. The summed E-state index contributed by atoms with van der Waals surface area (Å²) in [6.45, 7) is 5.62. The van der Waals surface area contributed by atoms with Gasteiger partial charge in [-0.15, -0.1) is 0 Å². The summed E-state index contributed by atoms with van der Waals surface area (Å²) in [5.41, 5.74) is -0.807. The molecular weight excluding hydrogens is 348 g/mol. The van der Waals surface area contributed by atoms with Crippen LogP contribution in [0, 0.1) is 11.8 Å². The Morgan fingerprint density at radius 2 is 1.93 bits per heavy atom. The Morgan fingerprint density at radius 3 is 2.52 bits per heavy atom. The molecule has 2 amide bonds. The number of esters is 1. The number of benzene rings is 1. The fourth-order valence-electron chi connectivity index (χ4n) is 3.58. The third-order valence-electron chi connectivity index (χ3n) is 5.04. The maximum absolute atomic E-state index is 13.2. The number of morpholine rings is 1. The molecule has 0 radical (unpaired) electrons. The number of ether oxygens (including phenoxy) is 2. The summed E-state index contributed by atoms with van der Waals surface area (Å²) in [6, 6.07) is 9.26. The van der Waals surface area contributed by atoms with Gasteiger partial charge in [0.2, 0.25) is 11.4 Å². The Morgan fingerprint density at radius 1 is 1.26 bits per heavy atom. The largest absolute Gasteiger partial charge is 0.459 e. The average Bonchev–Trinajstić information content (AvgIpc) is 2.69. The first kappa shape index (κ1) is 19.4. The smallest absolute Gasteiger partial charge is 0.343 e. The lowest BCUT2D eigenvalue weighted by Gasteiger charge is -2.48. The summed E-state index contributed by atoms with van der Waals surface area (Å²) < 4.78 is 10.8. The summed E-state index contributed by atoms with van der Waals surface area (Å²) in [5.74, 6) is -1.90. The number of amides is 2. The summed E-state index contributed by atoms with van der Waals surface area (Å²) in [5, 5.41) is 2.60. The molecule has 2 aliphatic heterocycles. The van der Waals surface area contributed by atoms with E-state index in [9.17, 15) is 14.4 Å². The number of hydrogen-bond donors (Lipinski definition) is 1. The second kappa shape index (κ2) is 8.08. The molecule has 0 unspecified atom stereocenters. The van der Waals surface area contributed by atoms with Gasteiger partial charge in [-0.2, -0.15) is 0 Å². The molecule has 1 N–H and O–H groups in total. The van der Waals surface area contributed by atoms with Crippen LogP contribution in [0.1, 0.15) is 25.8 Å². The zero-order valence-electron chi connectivity index (χ0n) is 15.8. The van der Waals surface area contributed by atoms with Gasteiger partial charge in [-0.25, -0.2) is 4.79 Å². The van der Waals surface area contributed by atoms with Gasteiger partial charge >= 0.3 is 5.97 Å². The molecule has 3 rings (SSSR count). The minimum atomic E-state index is -1.63. The zero-order chi connectivity index (χ0) is 19.4. The van der Waals surface area contributed by atoms with E-state index in [1.807, 2.05) is 44.2 Å². The van der Waals surface area contributed by atoms with Crippen LogP contribution < -0.4 is 5.32 Å². The highest BCUT2D eigenvalue weighted by Gasteiger charge is 2.66. The maximum atomic E-state index is 13.2. The molecule has 27 heavy (non-hydrogen) atoms. The normalized spacial score (nSPS) is 24.9. The summed E-state index contributed by atoms with van der Waals surface area (Å²) in [7, 11) is 0. The fourth-order valence-corrected chi connectivity index (χ4v) is 3.58. The summed E-state index contributed by atoms with van der Waals surface area (Å²) in [6.07, 6.45) is 0.447. The van der Waals surface area contributed by atoms with Gasteiger partial charge in [-0.1, -0.05) is 44.2 Å². The minimum Gasteiger partial charge on any atom is -0.459 e. The Balaban J connectivity index is 1.81. The molecule has 1 aromatic rings. The Kier molecular flexibility index (Phi) is 5.79. The summed E-state index contributed by atoms with van der Waals surface area (Å²) >= 11 is 0. The van der Waals surface area contributed by atoms with Gasteiger partial charge in [0.25, 0.3) is 5.91 Å². The molecule has 146 valence electrons. The number of β-lactam (4-membered cyclic amide) rings is 1. The van der Waals surface area contributed by atoms with Crippen molar-refractivity contribution in [3.05, 3.63) is 35.9 Å². The van der Waals surface area contributed by atoms with Crippen LogP contribution >= 0.6 is 0 Å². The second-order valence-electron chi connectivity index (χ2n) is 7.45. The van der Waals surface area contributed by atoms with E-state index in [0.29, 0.717) is 32.7 Å². The van der Waals surface area contributed by atoms with E-state index < -0.39 is 23.3 Å². The number of rotatable bonds is 6. The van der Waals surface area contributed by atoms with Crippen LogP contribution in [0.25, 0.3) is 0 Å². The van der Waals surface area contributed by atoms with E-state index in [4.69, 9.17) is 9.47 Å². The highest BCUT2D eigenvalue weighted by Crippen LogP contribution is 2.36. The van der Waals surface area contributed by atoms with Crippen molar-refractivity contribution in [1.82, 2.24) is 10.2 Å². The van der Waals surface area contributed by atoms with E-state index in [1.54, 1.807) is 4.90 Å². The van der Waals surface area contributed by atoms with Crippen molar-refractivity contribution in [2.75, 3.05) is 26.3 Å². The number of carbonyl (C=O) groups excluding carboxylic acids is 3. The number of hydrogen-bond acceptors (Lipinski definition) is 5. The molecule has 2 heterocycles. The Hall–Kier alpha value is -2.41. The van der Waals surface area contributed by atoms with E-state index >= 15 is 0 Å². The second-order valence-corrected chi connectivity index (χ2v) is 7.45. The topological polar surface area (TPSA) is 84.9 Å². The first-order valence-corrected chi connectivity index (χ1v) is 9.35. The number of nitrogens with zero attached hydrogens (tertiary/aromatic N) is 1. The van der Waals surface area contributed by atoms with Crippen molar-refractivity contribution in [2.45, 2.75) is 32.4 Å². The van der Waals surface area contributed by atoms with Gasteiger partial charge in [-0.3, -0.25) is 9.59 Å². The highest BCUT2D eigenvalue weighted by molar-refractivity contribution is 6.18. The first-order valence-electron chi connectivity index (χ1n) is 9.35. The zero-order valence-corrected chi connectivity index (χ0v) is 15.8. The maximum Gasteiger partial charge on any atom is 0.343 e. The Labute approximate surface area is 159 Å². The molecule has 2 aliphatic rings. The molecule has 0 spiro atoms. The van der Waals surface area contributed by atoms with Gasteiger partial charge in [0.15, 0.2) is 0 Å². The molecular formula is C20H26N2O5. The lowest BCUT2D eigenvalue weighted by atomic mass is 9.70. The Bertz CT molecular complexity index is 700. The van der Waals surface area contributed by atoms with Gasteiger partial charge < -0.3 is 19.7 Å². The molecule has 7 nitrogen and oxygen atoms in total. The third-order valence-corrected chi connectivity index (χ3v) is 5.04. The lowest BCUT2D eigenvalue weighted by molar-refractivity contribution is -0.179. The molecule has 0 bridgehead atoms. The van der Waals surface area contributed by atoms with Gasteiger partial charge in [0, 0.05) is 13.1 Å². The van der Waals surface area contributed by atoms with Crippen LogP contribution in [-0.2, 0) is 30.5 Å². The molecule has 2 saturated heterocycles. The molecule has 1 aromatic carbocycles. The van der Waals surface area contributed by atoms with Crippen LogP contribution in [0.2, 0.25) is 0 Å².